The van der Waals surface area contributed by atoms with Gasteiger partial charge in [-0.1, -0.05) is 12.1 Å². The third-order valence-electron chi connectivity index (χ3n) is 3.30. The molecule has 5 nitrogen and oxygen atoms in total. The summed E-state index contributed by atoms with van der Waals surface area (Å²) in [6.07, 6.45) is 1.76. The molecule has 0 atom stereocenters. The topological polar surface area (TPSA) is 71.1 Å². The van der Waals surface area contributed by atoms with Gasteiger partial charge >= 0.3 is 0 Å². The fraction of sp³-hybridized carbons (Fsp3) is 0.133. The number of hydrogen-bond acceptors (Lipinski definition) is 5. The summed E-state index contributed by atoms with van der Waals surface area (Å²) < 4.78 is 27.1. The number of thiophene rings is 1. The molecule has 3 aromatic rings. The van der Waals surface area contributed by atoms with Crippen molar-refractivity contribution >= 4 is 37.3 Å². The van der Waals surface area contributed by atoms with E-state index in [1.165, 1.54) is 7.05 Å². The van der Waals surface area contributed by atoms with Crippen LogP contribution in [0.5, 0.6) is 0 Å². The largest absolute Gasteiger partial charge is 0.380 e. The van der Waals surface area contributed by atoms with Gasteiger partial charge in [-0.3, -0.25) is 4.98 Å². The van der Waals surface area contributed by atoms with Crippen LogP contribution in [0, 0.1) is 0 Å². The van der Waals surface area contributed by atoms with Crippen molar-refractivity contribution in [1.82, 2.24) is 9.71 Å². The van der Waals surface area contributed by atoms with E-state index in [0.717, 1.165) is 21.5 Å². The number of hydrogen-bond donors (Lipinski definition) is 2. The molecular weight excluding hydrogens is 318 g/mol. The van der Waals surface area contributed by atoms with E-state index >= 15 is 0 Å². The first-order valence-corrected chi connectivity index (χ1v) is 9.05. The highest BCUT2D eigenvalue weighted by Gasteiger charge is 2.11. The summed E-state index contributed by atoms with van der Waals surface area (Å²) >= 11 is 1.63. The van der Waals surface area contributed by atoms with E-state index in [-0.39, 0.29) is 4.90 Å². The van der Waals surface area contributed by atoms with E-state index in [1.807, 2.05) is 23.6 Å². The molecule has 0 aliphatic heterocycles. The molecule has 0 saturated carbocycles. The summed E-state index contributed by atoms with van der Waals surface area (Å²) in [5, 5.41) is 5.34. The zero-order chi connectivity index (χ0) is 15.6. The second kappa shape index (κ2) is 6.04. The van der Waals surface area contributed by atoms with E-state index in [0.29, 0.717) is 6.54 Å². The first kappa shape index (κ1) is 15.0. The Labute approximate surface area is 133 Å². The molecule has 0 bridgehead atoms. The Hall–Kier alpha value is -1.96. The molecule has 0 aliphatic carbocycles. The van der Waals surface area contributed by atoms with Gasteiger partial charge < -0.3 is 5.32 Å². The van der Waals surface area contributed by atoms with Gasteiger partial charge in [0.2, 0.25) is 10.0 Å². The molecule has 3 rings (SSSR count). The minimum absolute atomic E-state index is 0.269. The third-order valence-corrected chi connectivity index (χ3v) is 5.65. The maximum absolute atomic E-state index is 11.8. The predicted molar refractivity (Wildman–Crippen MR) is 89.6 cm³/mol. The molecule has 2 aromatic heterocycles. The molecule has 7 heteroatoms. The second-order valence-electron chi connectivity index (χ2n) is 4.70. The molecule has 0 saturated heterocycles. The van der Waals surface area contributed by atoms with E-state index in [1.54, 1.807) is 35.7 Å². The van der Waals surface area contributed by atoms with E-state index < -0.39 is 10.0 Å². The van der Waals surface area contributed by atoms with Gasteiger partial charge in [0.05, 0.1) is 20.8 Å². The fourth-order valence-electron chi connectivity index (χ4n) is 2.15. The smallest absolute Gasteiger partial charge is 0.240 e. The van der Waals surface area contributed by atoms with Gasteiger partial charge in [-0.05, 0) is 42.3 Å². The summed E-state index contributed by atoms with van der Waals surface area (Å²) in [7, 11) is -2.01. The van der Waals surface area contributed by atoms with Gasteiger partial charge in [0, 0.05) is 12.7 Å². The molecule has 0 spiro atoms. The molecule has 114 valence electrons. The first-order chi connectivity index (χ1) is 10.6. The average molecular weight is 333 g/mol. The molecule has 0 unspecified atom stereocenters. The summed E-state index contributed by atoms with van der Waals surface area (Å²) in [6.45, 7) is 0.546. The highest BCUT2D eigenvalue weighted by molar-refractivity contribution is 7.89. The molecule has 0 radical (unpaired) electrons. The lowest BCUT2D eigenvalue weighted by molar-refractivity contribution is 0.588. The van der Waals surface area contributed by atoms with Crippen molar-refractivity contribution in [2.75, 3.05) is 12.4 Å². The number of nitrogens with one attached hydrogen (secondary N) is 2. The maximum Gasteiger partial charge on any atom is 0.240 e. The van der Waals surface area contributed by atoms with Crippen molar-refractivity contribution < 1.29 is 8.42 Å². The SMILES string of the molecule is CNS(=O)(=O)c1cccc(CNc2ccnc3ccsc23)c1. The predicted octanol–water partition coefficient (Wildman–Crippen LogP) is 2.82. The standard InChI is InChI=1S/C15H15N3O2S2/c1-16-22(19,20)12-4-2-3-11(9-12)10-18-13-5-7-17-14-6-8-21-15(13)14/h2-9,16H,10H2,1H3,(H,17,18). The van der Waals surface area contributed by atoms with Crippen molar-refractivity contribution in [2.24, 2.45) is 0 Å². The van der Waals surface area contributed by atoms with Crippen LogP contribution in [0.1, 0.15) is 5.56 Å². The van der Waals surface area contributed by atoms with Crippen LogP contribution in [0.25, 0.3) is 10.2 Å². The fourth-order valence-corrected chi connectivity index (χ4v) is 3.79. The van der Waals surface area contributed by atoms with E-state index in [9.17, 15) is 8.42 Å². The summed E-state index contributed by atoms with van der Waals surface area (Å²) in [5.41, 5.74) is 2.86. The van der Waals surface area contributed by atoms with Crippen molar-refractivity contribution in [1.29, 1.82) is 0 Å². The van der Waals surface area contributed by atoms with Crippen LogP contribution >= 0.6 is 11.3 Å². The molecule has 22 heavy (non-hydrogen) atoms. The van der Waals surface area contributed by atoms with Crippen molar-refractivity contribution in [3.63, 3.8) is 0 Å². The second-order valence-corrected chi connectivity index (χ2v) is 7.50. The highest BCUT2D eigenvalue weighted by atomic mass is 32.2. The van der Waals surface area contributed by atoms with Crippen LogP contribution in [-0.2, 0) is 16.6 Å². The van der Waals surface area contributed by atoms with Crippen molar-refractivity contribution in [3.8, 4) is 0 Å². The zero-order valence-electron chi connectivity index (χ0n) is 11.9. The zero-order valence-corrected chi connectivity index (χ0v) is 13.5. The Morgan fingerprint density at radius 2 is 2.09 bits per heavy atom. The van der Waals surface area contributed by atoms with Gasteiger partial charge in [-0.2, -0.15) is 0 Å². The Morgan fingerprint density at radius 3 is 2.91 bits per heavy atom. The number of pyridine rings is 1. The number of rotatable bonds is 5. The summed E-state index contributed by atoms with van der Waals surface area (Å²) in [6, 6.07) is 10.8. The molecule has 1 aromatic carbocycles. The van der Waals surface area contributed by atoms with Gasteiger partial charge in [0.15, 0.2) is 0 Å². The molecule has 2 heterocycles. The lowest BCUT2D eigenvalue weighted by Gasteiger charge is -2.09. The van der Waals surface area contributed by atoms with Crippen LogP contribution in [0.3, 0.4) is 0 Å². The average Bonchev–Trinajstić information content (AvgIpc) is 3.02. The lowest BCUT2D eigenvalue weighted by Crippen LogP contribution is -2.18. The molecular formula is C15H15N3O2S2. The van der Waals surface area contributed by atoms with Gasteiger partial charge in [0.25, 0.3) is 0 Å². The van der Waals surface area contributed by atoms with Crippen molar-refractivity contribution in [2.45, 2.75) is 11.4 Å². The number of aromatic nitrogens is 1. The minimum atomic E-state index is -3.42. The van der Waals surface area contributed by atoms with Crippen LogP contribution in [0.4, 0.5) is 5.69 Å². The van der Waals surface area contributed by atoms with Crippen LogP contribution in [0.2, 0.25) is 0 Å². The highest BCUT2D eigenvalue weighted by Crippen LogP contribution is 2.27. The Morgan fingerprint density at radius 1 is 1.23 bits per heavy atom. The number of benzene rings is 1. The monoisotopic (exact) mass is 333 g/mol. The normalized spacial score (nSPS) is 11.7. The lowest BCUT2D eigenvalue weighted by atomic mass is 10.2. The van der Waals surface area contributed by atoms with Crippen molar-refractivity contribution in [3.05, 3.63) is 53.5 Å². The van der Waals surface area contributed by atoms with Gasteiger partial charge in [-0.25, -0.2) is 13.1 Å². The first-order valence-electron chi connectivity index (χ1n) is 6.69. The van der Waals surface area contributed by atoms with Crippen LogP contribution < -0.4 is 10.0 Å². The Kier molecular flexibility index (Phi) is 4.10. The molecule has 0 amide bonds. The van der Waals surface area contributed by atoms with E-state index in [2.05, 4.69) is 15.0 Å². The van der Waals surface area contributed by atoms with E-state index in [4.69, 9.17) is 0 Å². The van der Waals surface area contributed by atoms with Gasteiger partial charge in [-0.15, -0.1) is 11.3 Å². The number of fused-ring (bicyclic) bond motifs is 1. The van der Waals surface area contributed by atoms with Gasteiger partial charge in [0.1, 0.15) is 0 Å². The quantitative estimate of drug-likeness (QED) is 0.753. The van der Waals surface area contributed by atoms with Crippen LogP contribution in [-0.4, -0.2) is 20.4 Å². The summed E-state index contributed by atoms with van der Waals surface area (Å²) in [4.78, 5) is 4.57. The minimum Gasteiger partial charge on any atom is -0.380 e. The molecule has 0 aliphatic rings. The maximum atomic E-state index is 11.8. The molecule has 2 N–H and O–H groups in total. The third kappa shape index (κ3) is 2.96. The number of anilines is 1. The Balaban J connectivity index is 1.83. The molecule has 0 fully saturated rings. The summed E-state index contributed by atoms with van der Waals surface area (Å²) in [5.74, 6) is 0. The number of nitrogens with zero attached hydrogens (tertiary/aromatic N) is 1. The number of sulfonamides is 1. The Bertz CT molecular complexity index is 904. The van der Waals surface area contributed by atoms with Crippen LogP contribution in [0.15, 0.2) is 52.9 Å².